The summed E-state index contributed by atoms with van der Waals surface area (Å²) in [7, 11) is 0. The average Bonchev–Trinajstić information content (AvgIpc) is 2.27. The molecule has 0 aliphatic heterocycles. The summed E-state index contributed by atoms with van der Waals surface area (Å²) in [6.07, 6.45) is 3.62. The van der Waals surface area contributed by atoms with Gasteiger partial charge in [-0.25, -0.2) is 4.98 Å². The molecule has 1 rings (SSSR count). The third-order valence-corrected chi connectivity index (χ3v) is 3.29. The molecule has 0 spiro atoms. The Kier molecular flexibility index (Phi) is 4.63. The van der Waals surface area contributed by atoms with Crippen molar-refractivity contribution in [3.8, 4) is 6.07 Å². The molecule has 0 unspecified atom stereocenters. The summed E-state index contributed by atoms with van der Waals surface area (Å²) < 4.78 is 0. The maximum atomic E-state index is 8.86. The first kappa shape index (κ1) is 12.9. The van der Waals surface area contributed by atoms with Gasteiger partial charge in [-0.2, -0.15) is 5.26 Å². The van der Waals surface area contributed by atoms with Crippen molar-refractivity contribution in [2.45, 2.75) is 31.7 Å². The third kappa shape index (κ3) is 4.54. The molecule has 1 aromatic heterocycles. The van der Waals surface area contributed by atoms with Crippen LogP contribution in [0.4, 0.5) is 5.69 Å². The fraction of sp³-hybridized carbons (Fsp3) is 0.500. The van der Waals surface area contributed by atoms with Crippen LogP contribution in [0, 0.1) is 16.7 Å². The minimum Gasteiger partial charge on any atom is -0.397 e. The Morgan fingerprint density at radius 3 is 2.81 bits per heavy atom. The number of hydrogen-bond acceptors (Lipinski definition) is 4. The van der Waals surface area contributed by atoms with Crippen molar-refractivity contribution in [1.82, 2.24) is 4.98 Å². The fourth-order valence-corrected chi connectivity index (χ4v) is 2.01. The van der Waals surface area contributed by atoms with Gasteiger partial charge in [-0.3, -0.25) is 0 Å². The van der Waals surface area contributed by atoms with Crippen molar-refractivity contribution in [1.29, 1.82) is 5.26 Å². The molecule has 1 heterocycles. The molecule has 0 fully saturated rings. The Hall–Kier alpha value is -1.21. The van der Waals surface area contributed by atoms with E-state index >= 15 is 0 Å². The molecular weight excluding hydrogens is 218 g/mol. The first-order valence-corrected chi connectivity index (χ1v) is 6.28. The van der Waals surface area contributed by atoms with Gasteiger partial charge in [0, 0.05) is 0 Å². The highest BCUT2D eigenvalue weighted by atomic mass is 32.2. The summed E-state index contributed by atoms with van der Waals surface area (Å²) in [6.45, 7) is 3.94. The standard InChI is InChI=1S/C12H17N3S/c1-12(2,9-13)6-3-7-16-11-5-4-10(14)8-15-11/h4-5,8H,3,6-7,14H2,1-2H3. The number of aromatic nitrogens is 1. The highest BCUT2D eigenvalue weighted by molar-refractivity contribution is 7.99. The summed E-state index contributed by atoms with van der Waals surface area (Å²) in [5.74, 6) is 0.988. The van der Waals surface area contributed by atoms with Gasteiger partial charge in [-0.15, -0.1) is 11.8 Å². The molecule has 86 valence electrons. The van der Waals surface area contributed by atoms with E-state index in [0.717, 1.165) is 23.6 Å². The number of nitrogens with zero attached hydrogens (tertiary/aromatic N) is 2. The minimum atomic E-state index is -0.213. The number of rotatable bonds is 5. The number of pyridine rings is 1. The molecule has 0 amide bonds. The van der Waals surface area contributed by atoms with Crippen molar-refractivity contribution >= 4 is 17.4 Å². The third-order valence-electron chi connectivity index (χ3n) is 2.26. The van der Waals surface area contributed by atoms with Crippen LogP contribution in [-0.2, 0) is 0 Å². The summed E-state index contributed by atoms with van der Waals surface area (Å²) >= 11 is 1.70. The van der Waals surface area contributed by atoms with Crippen LogP contribution < -0.4 is 5.73 Å². The molecule has 0 radical (unpaired) electrons. The van der Waals surface area contributed by atoms with Crippen LogP contribution in [0.2, 0.25) is 0 Å². The van der Waals surface area contributed by atoms with E-state index in [4.69, 9.17) is 11.0 Å². The first-order chi connectivity index (χ1) is 7.53. The van der Waals surface area contributed by atoms with Crippen LogP contribution >= 0.6 is 11.8 Å². The van der Waals surface area contributed by atoms with Gasteiger partial charge in [0.25, 0.3) is 0 Å². The van der Waals surface area contributed by atoms with Crippen LogP contribution in [0.3, 0.4) is 0 Å². The molecule has 0 saturated carbocycles. The normalized spacial score (nSPS) is 11.1. The molecule has 0 atom stereocenters. The van der Waals surface area contributed by atoms with E-state index in [-0.39, 0.29) is 5.41 Å². The lowest BCUT2D eigenvalue weighted by Gasteiger charge is -2.13. The van der Waals surface area contributed by atoms with Crippen LogP contribution in [0.1, 0.15) is 26.7 Å². The summed E-state index contributed by atoms with van der Waals surface area (Å²) in [5.41, 5.74) is 6.03. The highest BCUT2D eigenvalue weighted by Crippen LogP contribution is 2.24. The zero-order valence-electron chi connectivity index (χ0n) is 9.73. The molecule has 2 N–H and O–H groups in total. The summed E-state index contributed by atoms with van der Waals surface area (Å²) in [5, 5.41) is 9.85. The molecule has 0 saturated heterocycles. The van der Waals surface area contributed by atoms with E-state index in [9.17, 15) is 0 Å². The van der Waals surface area contributed by atoms with Crippen LogP contribution in [-0.4, -0.2) is 10.7 Å². The van der Waals surface area contributed by atoms with Crippen LogP contribution in [0.15, 0.2) is 23.4 Å². The lowest BCUT2D eigenvalue weighted by Crippen LogP contribution is -2.07. The number of nitrogen functional groups attached to an aromatic ring is 1. The maximum absolute atomic E-state index is 8.86. The van der Waals surface area contributed by atoms with Crippen molar-refractivity contribution < 1.29 is 0 Å². The van der Waals surface area contributed by atoms with Crippen molar-refractivity contribution in [2.75, 3.05) is 11.5 Å². The number of thioether (sulfide) groups is 1. The predicted octanol–water partition coefficient (Wildman–Crippen LogP) is 3.09. The Balaban J connectivity index is 2.27. The van der Waals surface area contributed by atoms with E-state index in [1.165, 1.54) is 0 Å². The zero-order valence-corrected chi connectivity index (χ0v) is 10.5. The first-order valence-electron chi connectivity index (χ1n) is 5.29. The van der Waals surface area contributed by atoms with Gasteiger partial charge in [-0.05, 0) is 44.6 Å². The highest BCUT2D eigenvalue weighted by Gasteiger charge is 2.15. The molecule has 1 aromatic rings. The Morgan fingerprint density at radius 1 is 1.50 bits per heavy atom. The molecular formula is C12H17N3S. The van der Waals surface area contributed by atoms with Crippen molar-refractivity contribution in [3.63, 3.8) is 0 Å². The second kappa shape index (κ2) is 5.76. The Morgan fingerprint density at radius 2 is 2.25 bits per heavy atom. The second-order valence-corrected chi connectivity index (χ2v) is 5.49. The van der Waals surface area contributed by atoms with Crippen LogP contribution in [0.25, 0.3) is 0 Å². The lowest BCUT2D eigenvalue weighted by molar-refractivity contribution is 0.448. The largest absolute Gasteiger partial charge is 0.397 e. The van der Waals surface area contributed by atoms with Crippen molar-refractivity contribution in [3.05, 3.63) is 18.3 Å². The summed E-state index contributed by atoms with van der Waals surface area (Å²) in [4.78, 5) is 4.21. The van der Waals surface area contributed by atoms with E-state index in [0.29, 0.717) is 5.69 Å². The molecule has 0 bridgehead atoms. The molecule has 0 aliphatic rings. The number of hydrogen-bond donors (Lipinski definition) is 1. The van der Waals surface area contributed by atoms with E-state index < -0.39 is 0 Å². The monoisotopic (exact) mass is 235 g/mol. The molecule has 0 aliphatic carbocycles. The minimum absolute atomic E-state index is 0.213. The molecule has 4 heteroatoms. The number of nitriles is 1. The average molecular weight is 235 g/mol. The van der Waals surface area contributed by atoms with Gasteiger partial charge in [0.1, 0.15) is 0 Å². The van der Waals surface area contributed by atoms with Gasteiger partial charge < -0.3 is 5.73 Å². The maximum Gasteiger partial charge on any atom is 0.0961 e. The zero-order chi connectivity index (χ0) is 12.0. The smallest absolute Gasteiger partial charge is 0.0961 e. The van der Waals surface area contributed by atoms with E-state index in [1.807, 2.05) is 26.0 Å². The molecule has 3 nitrogen and oxygen atoms in total. The fourth-order valence-electron chi connectivity index (χ4n) is 1.22. The van der Waals surface area contributed by atoms with Crippen molar-refractivity contribution in [2.24, 2.45) is 5.41 Å². The SMILES string of the molecule is CC(C)(C#N)CCCSc1ccc(N)cn1. The van der Waals surface area contributed by atoms with Gasteiger partial charge in [0.15, 0.2) is 0 Å². The van der Waals surface area contributed by atoms with Gasteiger partial charge in [0.05, 0.1) is 28.4 Å². The topological polar surface area (TPSA) is 62.7 Å². The van der Waals surface area contributed by atoms with E-state index in [1.54, 1.807) is 18.0 Å². The number of nitrogens with two attached hydrogens (primary N) is 1. The molecule has 0 aromatic carbocycles. The van der Waals surface area contributed by atoms with Gasteiger partial charge in [-0.1, -0.05) is 0 Å². The van der Waals surface area contributed by atoms with E-state index in [2.05, 4.69) is 11.1 Å². The van der Waals surface area contributed by atoms with Gasteiger partial charge >= 0.3 is 0 Å². The summed E-state index contributed by atoms with van der Waals surface area (Å²) in [6, 6.07) is 6.09. The number of anilines is 1. The molecule has 16 heavy (non-hydrogen) atoms. The second-order valence-electron chi connectivity index (χ2n) is 4.38. The quantitative estimate of drug-likeness (QED) is 0.629. The van der Waals surface area contributed by atoms with Crippen LogP contribution in [0.5, 0.6) is 0 Å². The Labute approximate surface area is 101 Å². The predicted molar refractivity (Wildman–Crippen MR) is 68.0 cm³/mol. The van der Waals surface area contributed by atoms with Gasteiger partial charge in [0.2, 0.25) is 0 Å². The lowest BCUT2D eigenvalue weighted by atomic mass is 9.90. The Bertz CT molecular complexity index is 365.